The Kier molecular flexibility index (Phi) is 6.38. The molecule has 0 radical (unpaired) electrons. The minimum Gasteiger partial charge on any atom is -0.462 e. The molecular weight excluding hydrogens is 156 g/mol. The van der Waals surface area contributed by atoms with Gasteiger partial charge in [0.1, 0.15) is 6.61 Å². The third-order valence-electron chi connectivity index (χ3n) is 1.42. The average Bonchev–Trinajstić information content (AvgIpc) is 2.00. The van der Waals surface area contributed by atoms with Crippen molar-refractivity contribution in [2.24, 2.45) is 0 Å². The van der Waals surface area contributed by atoms with E-state index in [1.165, 1.54) is 12.5 Å². The molecule has 0 atom stereocenters. The summed E-state index contributed by atoms with van der Waals surface area (Å²) in [5, 5.41) is 0. The molecule has 0 unspecified atom stereocenters. The molecule has 0 saturated carbocycles. The standard InChI is InChI=1S/C9H16O3/c1-8(4-6-11-3)5-7-12-9(2)10/h5H,4,6-7H2,1-3H3/b8-5+. The lowest BCUT2D eigenvalue weighted by atomic mass is 10.2. The summed E-state index contributed by atoms with van der Waals surface area (Å²) in [6.45, 7) is 4.47. The molecule has 12 heavy (non-hydrogen) atoms. The lowest BCUT2D eigenvalue weighted by Crippen LogP contribution is -1.99. The fraction of sp³-hybridized carbons (Fsp3) is 0.667. The number of hydrogen-bond acceptors (Lipinski definition) is 3. The van der Waals surface area contributed by atoms with Crippen LogP contribution in [0.2, 0.25) is 0 Å². The third kappa shape index (κ3) is 7.28. The summed E-state index contributed by atoms with van der Waals surface area (Å²) >= 11 is 0. The van der Waals surface area contributed by atoms with Crippen molar-refractivity contribution in [3.63, 3.8) is 0 Å². The quantitative estimate of drug-likeness (QED) is 0.466. The number of methoxy groups -OCH3 is 1. The summed E-state index contributed by atoms with van der Waals surface area (Å²) in [6.07, 6.45) is 2.78. The molecule has 0 saturated heterocycles. The van der Waals surface area contributed by atoms with Crippen LogP contribution in [0.5, 0.6) is 0 Å². The topological polar surface area (TPSA) is 35.5 Å². The van der Waals surface area contributed by atoms with Crippen molar-refractivity contribution in [2.75, 3.05) is 20.3 Å². The zero-order chi connectivity index (χ0) is 9.40. The van der Waals surface area contributed by atoms with Crippen LogP contribution in [-0.4, -0.2) is 26.3 Å². The molecule has 0 aliphatic carbocycles. The van der Waals surface area contributed by atoms with Gasteiger partial charge in [0.15, 0.2) is 0 Å². The van der Waals surface area contributed by atoms with E-state index < -0.39 is 0 Å². The van der Waals surface area contributed by atoms with Crippen LogP contribution in [0.15, 0.2) is 11.6 Å². The van der Waals surface area contributed by atoms with Crippen molar-refractivity contribution in [1.82, 2.24) is 0 Å². The average molecular weight is 172 g/mol. The molecule has 0 aliphatic heterocycles. The molecule has 70 valence electrons. The molecule has 0 fully saturated rings. The molecule has 3 nitrogen and oxygen atoms in total. The van der Waals surface area contributed by atoms with E-state index in [0.717, 1.165) is 6.42 Å². The Morgan fingerprint density at radius 2 is 2.08 bits per heavy atom. The van der Waals surface area contributed by atoms with E-state index in [9.17, 15) is 4.79 Å². The lowest BCUT2D eigenvalue weighted by Gasteiger charge is -2.00. The van der Waals surface area contributed by atoms with Gasteiger partial charge < -0.3 is 9.47 Å². The summed E-state index contributed by atoms with van der Waals surface area (Å²) in [6, 6.07) is 0. The first-order valence-corrected chi connectivity index (χ1v) is 3.94. The molecule has 0 heterocycles. The molecular formula is C9H16O3. The SMILES string of the molecule is COCC/C(C)=C/COC(C)=O. The highest BCUT2D eigenvalue weighted by molar-refractivity contribution is 5.65. The van der Waals surface area contributed by atoms with Gasteiger partial charge in [0, 0.05) is 20.6 Å². The molecule has 0 rings (SSSR count). The first-order valence-electron chi connectivity index (χ1n) is 3.94. The highest BCUT2D eigenvalue weighted by Crippen LogP contribution is 1.98. The second kappa shape index (κ2) is 6.85. The fourth-order valence-electron chi connectivity index (χ4n) is 0.666. The van der Waals surface area contributed by atoms with E-state index in [0.29, 0.717) is 13.2 Å². The smallest absolute Gasteiger partial charge is 0.302 e. The zero-order valence-electron chi connectivity index (χ0n) is 7.92. The van der Waals surface area contributed by atoms with E-state index in [1.807, 2.05) is 13.0 Å². The Balaban J connectivity index is 3.47. The number of hydrogen-bond donors (Lipinski definition) is 0. The van der Waals surface area contributed by atoms with Crippen molar-refractivity contribution >= 4 is 5.97 Å². The van der Waals surface area contributed by atoms with Crippen LogP contribution in [0, 0.1) is 0 Å². The Morgan fingerprint density at radius 1 is 1.42 bits per heavy atom. The number of esters is 1. The lowest BCUT2D eigenvalue weighted by molar-refractivity contribution is -0.139. The van der Waals surface area contributed by atoms with Gasteiger partial charge in [-0.25, -0.2) is 0 Å². The van der Waals surface area contributed by atoms with Crippen molar-refractivity contribution in [2.45, 2.75) is 20.3 Å². The van der Waals surface area contributed by atoms with Gasteiger partial charge in [0.2, 0.25) is 0 Å². The van der Waals surface area contributed by atoms with Gasteiger partial charge in [-0.2, -0.15) is 0 Å². The van der Waals surface area contributed by atoms with Crippen molar-refractivity contribution in [1.29, 1.82) is 0 Å². The monoisotopic (exact) mass is 172 g/mol. The second-order valence-electron chi connectivity index (χ2n) is 2.60. The number of carbonyl (C=O) groups is 1. The van der Waals surface area contributed by atoms with Gasteiger partial charge in [-0.3, -0.25) is 4.79 Å². The molecule has 3 heteroatoms. The Bertz CT molecular complexity index is 161. The van der Waals surface area contributed by atoms with E-state index in [4.69, 9.17) is 9.47 Å². The largest absolute Gasteiger partial charge is 0.462 e. The summed E-state index contributed by atoms with van der Waals surface area (Å²) < 4.78 is 9.63. The molecule has 0 amide bonds. The minimum absolute atomic E-state index is 0.245. The van der Waals surface area contributed by atoms with Crippen molar-refractivity contribution < 1.29 is 14.3 Å². The molecule has 0 aromatic rings. The molecule has 0 spiro atoms. The summed E-state index contributed by atoms with van der Waals surface area (Å²) in [7, 11) is 1.67. The van der Waals surface area contributed by atoms with Crippen LogP contribution in [0.4, 0.5) is 0 Å². The van der Waals surface area contributed by atoms with Gasteiger partial charge in [-0.1, -0.05) is 5.57 Å². The Hall–Kier alpha value is -0.830. The van der Waals surface area contributed by atoms with Crippen LogP contribution in [0.1, 0.15) is 20.3 Å². The van der Waals surface area contributed by atoms with Crippen molar-refractivity contribution in [3.8, 4) is 0 Å². The minimum atomic E-state index is -0.245. The first-order chi connectivity index (χ1) is 5.66. The Morgan fingerprint density at radius 3 is 2.58 bits per heavy atom. The van der Waals surface area contributed by atoms with Crippen LogP contribution >= 0.6 is 0 Å². The summed E-state index contributed by atoms with van der Waals surface area (Å²) in [4.78, 5) is 10.4. The van der Waals surface area contributed by atoms with E-state index in [1.54, 1.807) is 7.11 Å². The molecule has 0 aliphatic rings. The molecule has 0 N–H and O–H groups in total. The maximum Gasteiger partial charge on any atom is 0.302 e. The van der Waals surface area contributed by atoms with Gasteiger partial charge in [-0.15, -0.1) is 0 Å². The van der Waals surface area contributed by atoms with E-state index in [-0.39, 0.29) is 5.97 Å². The number of ether oxygens (including phenoxy) is 2. The molecule has 0 bridgehead atoms. The number of rotatable bonds is 5. The van der Waals surface area contributed by atoms with Gasteiger partial charge in [-0.05, 0) is 19.4 Å². The predicted molar refractivity (Wildman–Crippen MR) is 46.9 cm³/mol. The van der Waals surface area contributed by atoms with E-state index in [2.05, 4.69) is 0 Å². The normalized spacial score (nSPS) is 11.4. The molecule has 0 aromatic heterocycles. The molecule has 0 aromatic carbocycles. The maximum absolute atomic E-state index is 10.4. The Labute approximate surface area is 73.4 Å². The maximum atomic E-state index is 10.4. The fourth-order valence-corrected chi connectivity index (χ4v) is 0.666. The van der Waals surface area contributed by atoms with Crippen LogP contribution < -0.4 is 0 Å². The van der Waals surface area contributed by atoms with Crippen LogP contribution in [-0.2, 0) is 14.3 Å². The third-order valence-corrected chi connectivity index (χ3v) is 1.42. The highest BCUT2D eigenvalue weighted by Gasteiger charge is 1.91. The zero-order valence-corrected chi connectivity index (χ0v) is 7.92. The summed E-state index contributed by atoms with van der Waals surface area (Å²) in [5.41, 5.74) is 1.18. The highest BCUT2D eigenvalue weighted by atomic mass is 16.5. The predicted octanol–water partition coefficient (Wildman–Crippen LogP) is 1.53. The van der Waals surface area contributed by atoms with Crippen LogP contribution in [0.25, 0.3) is 0 Å². The first kappa shape index (κ1) is 11.2. The van der Waals surface area contributed by atoms with Crippen molar-refractivity contribution in [3.05, 3.63) is 11.6 Å². The van der Waals surface area contributed by atoms with Gasteiger partial charge in [0.25, 0.3) is 0 Å². The summed E-state index contributed by atoms with van der Waals surface area (Å²) in [5.74, 6) is -0.245. The number of carbonyl (C=O) groups excluding carboxylic acids is 1. The van der Waals surface area contributed by atoms with Gasteiger partial charge >= 0.3 is 5.97 Å². The van der Waals surface area contributed by atoms with Gasteiger partial charge in [0.05, 0.1) is 0 Å². The van der Waals surface area contributed by atoms with E-state index >= 15 is 0 Å². The second-order valence-corrected chi connectivity index (χ2v) is 2.60. The van der Waals surface area contributed by atoms with Crippen LogP contribution in [0.3, 0.4) is 0 Å².